The first-order chi connectivity index (χ1) is 10.6. The van der Waals surface area contributed by atoms with E-state index in [1.54, 1.807) is 25.4 Å². The van der Waals surface area contributed by atoms with E-state index in [1.807, 2.05) is 30.5 Å². The number of fused-ring (bicyclic) bond motifs is 1. The minimum absolute atomic E-state index is 0.159. The Kier molecular flexibility index (Phi) is 3.78. The van der Waals surface area contributed by atoms with Crippen molar-refractivity contribution in [2.75, 3.05) is 5.32 Å². The van der Waals surface area contributed by atoms with E-state index in [-0.39, 0.29) is 11.5 Å². The van der Waals surface area contributed by atoms with Crippen LogP contribution in [0.1, 0.15) is 12.0 Å². The number of nitrogens with one attached hydrogen (secondary N) is 2. The second kappa shape index (κ2) is 5.89. The molecule has 1 aromatic carbocycles. The van der Waals surface area contributed by atoms with E-state index in [9.17, 15) is 9.59 Å². The molecule has 0 aliphatic heterocycles. The molecule has 0 radical (unpaired) electrons. The average Bonchev–Trinajstić information content (AvgIpc) is 2.93. The van der Waals surface area contributed by atoms with Crippen molar-refractivity contribution in [1.29, 1.82) is 0 Å². The lowest BCUT2D eigenvalue weighted by Gasteiger charge is -2.05. The Morgan fingerprint density at radius 1 is 1.23 bits per heavy atom. The molecule has 0 fully saturated rings. The van der Waals surface area contributed by atoms with E-state index in [0.717, 1.165) is 16.5 Å². The number of carbonyl (C=O) groups excluding carboxylic acids is 1. The van der Waals surface area contributed by atoms with Crippen molar-refractivity contribution < 1.29 is 4.79 Å². The summed E-state index contributed by atoms with van der Waals surface area (Å²) in [5.41, 5.74) is 2.28. The molecule has 0 saturated heterocycles. The molecule has 0 aliphatic carbocycles. The maximum atomic E-state index is 12.0. The molecule has 5 heteroatoms. The van der Waals surface area contributed by atoms with E-state index < -0.39 is 0 Å². The third-order valence-corrected chi connectivity index (χ3v) is 3.69. The van der Waals surface area contributed by atoms with Gasteiger partial charge in [-0.1, -0.05) is 18.2 Å². The van der Waals surface area contributed by atoms with Crippen LogP contribution >= 0.6 is 0 Å². The molecule has 3 rings (SSSR count). The molecule has 2 N–H and O–H groups in total. The summed E-state index contributed by atoms with van der Waals surface area (Å²) in [6.07, 6.45) is 4.55. The Balaban J connectivity index is 1.68. The van der Waals surface area contributed by atoms with Crippen LogP contribution in [0.25, 0.3) is 10.9 Å². The zero-order valence-corrected chi connectivity index (χ0v) is 12.3. The SMILES string of the molecule is Cn1cccc(NC(=O)CCc2c[nH]c3ccccc23)c1=O. The molecule has 0 spiro atoms. The van der Waals surface area contributed by atoms with Gasteiger partial charge >= 0.3 is 0 Å². The third-order valence-electron chi connectivity index (χ3n) is 3.69. The van der Waals surface area contributed by atoms with E-state index in [4.69, 9.17) is 0 Å². The first-order valence-corrected chi connectivity index (χ1v) is 7.15. The number of aromatic nitrogens is 2. The van der Waals surface area contributed by atoms with Crippen LogP contribution in [0.15, 0.2) is 53.6 Å². The van der Waals surface area contributed by atoms with Gasteiger partial charge in [0, 0.05) is 36.8 Å². The van der Waals surface area contributed by atoms with Crippen molar-refractivity contribution in [2.24, 2.45) is 7.05 Å². The Morgan fingerprint density at radius 3 is 2.91 bits per heavy atom. The fraction of sp³-hybridized carbons (Fsp3) is 0.176. The van der Waals surface area contributed by atoms with Crippen molar-refractivity contribution >= 4 is 22.5 Å². The van der Waals surface area contributed by atoms with E-state index in [0.29, 0.717) is 18.5 Å². The number of nitrogens with zero attached hydrogens (tertiary/aromatic N) is 1. The van der Waals surface area contributed by atoms with Crippen LogP contribution in [0.4, 0.5) is 5.69 Å². The van der Waals surface area contributed by atoms with Gasteiger partial charge in [0.25, 0.3) is 5.56 Å². The van der Waals surface area contributed by atoms with Crippen LogP contribution in [0, 0.1) is 0 Å². The minimum Gasteiger partial charge on any atom is -0.361 e. The highest BCUT2D eigenvalue weighted by atomic mass is 16.2. The van der Waals surface area contributed by atoms with Crippen LogP contribution in [0.3, 0.4) is 0 Å². The average molecular weight is 295 g/mol. The Bertz CT molecular complexity index is 877. The molecule has 22 heavy (non-hydrogen) atoms. The second-order valence-electron chi connectivity index (χ2n) is 5.25. The number of anilines is 1. The van der Waals surface area contributed by atoms with Crippen molar-refractivity contribution in [3.63, 3.8) is 0 Å². The lowest BCUT2D eigenvalue weighted by Crippen LogP contribution is -2.23. The molecular formula is C17H17N3O2. The third kappa shape index (κ3) is 2.79. The number of aromatic amines is 1. The molecule has 0 bridgehead atoms. The van der Waals surface area contributed by atoms with Crippen LogP contribution in [0.5, 0.6) is 0 Å². The molecule has 2 heterocycles. The zero-order chi connectivity index (χ0) is 15.5. The molecule has 0 atom stereocenters. The maximum Gasteiger partial charge on any atom is 0.274 e. The van der Waals surface area contributed by atoms with Gasteiger partial charge in [-0.25, -0.2) is 0 Å². The number of H-pyrrole nitrogens is 1. The zero-order valence-electron chi connectivity index (χ0n) is 12.3. The van der Waals surface area contributed by atoms with Crippen molar-refractivity contribution in [2.45, 2.75) is 12.8 Å². The van der Waals surface area contributed by atoms with Crippen LogP contribution in [0.2, 0.25) is 0 Å². The molecule has 3 aromatic rings. The number of hydrogen-bond donors (Lipinski definition) is 2. The second-order valence-corrected chi connectivity index (χ2v) is 5.25. The number of benzene rings is 1. The number of amides is 1. The summed E-state index contributed by atoms with van der Waals surface area (Å²) in [6, 6.07) is 11.3. The number of aryl methyl sites for hydroxylation is 2. The van der Waals surface area contributed by atoms with Gasteiger partial charge in [-0.2, -0.15) is 0 Å². The van der Waals surface area contributed by atoms with Gasteiger partial charge < -0.3 is 14.9 Å². The predicted octanol–water partition coefficient (Wildman–Crippen LogP) is 2.44. The highest BCUT2D eigenvalue weighted by Crippen LogP contribution is 2.19. The molecule has 1 amide bonds. The number of para-hydroxylation sites is 1. The summed E-state index contributed by atoms with van der Waals surface area (Å²) in [4.78, 5) is 27.1. The predicted molar refractivity (Wildman–Crippen MR) is 86.9 cm³/mol. The Morgan fingerprint density at radius 2 is 2.05 bits per heavy atom. The van der Waals surface area contributed by atoms with Crippen molar-refractivity contribution in [1.82, 2.24) is 9.55 Å². The largest absolute Gasteiger partial charge is 0.361 e. The van der Waals surface area contributed by atoms with E-state index in [2.05, 4.69) is 10.3 Å². The lowest BCUT2D eigenvalue weighted by atomic mass is 10.1. The minimum atomic E-state index is -0.206. The molecular weight excluding hydrogens is 278 g/mol. The quantitative estimate of drug-likeness (QED) is 0.776. The fourth-order valence-electron chi connectivity index (χ4n) is 2.49. The maximum absolute atomic E-state index is 12.0. The summed E-state index contributed by atoms with van der Waals surface area (Å²) in [7, 11) is 1.66. The Labute approximate surface area is 127 Å². The standard InChI is InChI=1S/C17H17N3O2/c1-20-10-4-7-15(17(20)22)19-16(21)9-8-12-11-18-14-6-3-2-5-13(12)14/h2-7,10-11,18H,8-9H2,1H3,(H,19,21). The molecule has 0 unspecified atom stereocenters. The molecule has 2 aromatic heterocycles. The normalized spacial score (nSPS) is 10.8. The number of hydrogen-bond acceptors (Lipinski definition) is 2. The monoisotopic (exact) mass is 295 g/mol. The topological polar surface area (TPSA) is 66.9 Å². The number of carbonyl (C=O) groups is 1. The summed E-state index contributed by atoms with van der Waals surface area (Å²) in [5.74, 6) is -0.159. The van der Waals surface area contributed by atoms with Crippen molar-refractivity contribution in [3.8, 4) is 0 Å². The molecule has 0 aliphatic rings. The highest BCUT2D eigenvalue weighted by Gasteiger charge is 2.09. The number of pyridine rings is 1. The van der Waals surface area contributed by atoms with Gasteiger partial charge in [-0.3, -0.25) is 9.59 Å². The molecule has 112 valence electrons. The lowest BCUT2D eigenvalue weighted by molar-refractivity contribution is -0.116. The van der Waals surface area contributed by atoms with Gasteiger partial charge in [0.15, 0.2) is 0 Å². The van der Waals surface area contributed by atoms with Gasteiger partial charge in [0.2, 0.25) is 5.91 Å². The smallest absolute Gasteiger partial charge is 0.274 e. The van der Waals surface area contributed by atoms with Crippen LogP contribution < -0.4 is 10.9 Å². The highest BCUT2D eigenvalue weighted by molar-refractivity contribution is 5.91. The first kappa shape index (κ1) is 14.1. The van der Waals surface area contributed by atoms with Crippen molar-refractivity contribution in [3.05, 3.63) is 64.7 Å². The summed E-state index contributed by atoms with van der Waals surface area (Å²) in [6.45, 7) is 0. The van der Waals surface area contributed by atoms with Gasteiger partial charge in [0.05, 0.1) is 0 Å². The van der Waals surface area contributed by atoms with E-state index in [1.165, 1.54) is 4.57 Å². The van der Waals surface area contributed by atoms with Gasteiger partial charge in [-0.05, 0) is 30.2 Å². The van der Waals surface area contributed by atoms with Gasteiger partial charge in [-0.15, -0.1) is 0 Å². The van der Waals surface area contributed by atoms with Crippen LogP contribution in [-0.4, -0.2) is 15.5 Å². The molecule has 5 nitrogen and oxygen atoms in total. The van der Waals surface area contributed by atoms with E-state index >= 15 is 0 Å². The number of rotatable bonds is 4. The summed E-state index contributed by atoms with van der Waals surface area (Å²) < 4.78 is 1.44. The summed E-state index contributed by atoms with van der Waals surface area (Å²) >= 11 is 0. The fourth-order valence-corrected chi connectivity index (χ4v) is 2.49. The molecule has 0 saturated carbocycles. The summed E-state index contributed by atoms with van der Waals surface area (Å²) in [5, 5.41) is 3.81. The first-order valence-electron chi connectivity index (χ1n) is 7.15. The van der Waals surface area contributed by atoms with Gasteiger partial charge in [0.1, 0.15) is 5.69 Å². The van der Waals surface area contributed by atoms with Crippen LogP contribution in [-0.2, 0) is 18.3 Å². The Hall–Kier alpha value is -2.82.